The highest BCUT2D eigenvalue weighted by atomic mass is 16.9. The van der Waals surface area contributed by atoms with Gasteiger partial charge < -0.3 is 24.1 Å². The summed E-state index contributed by atoms with van der Waals surface area (Å²) in [6, 6.07) is 0. The van der Waals surface area contributed by atoms with E-state index in [2.05, 4.69) is 0 Å². The Morgan fingerprint density at radius 3 is 2.57 bits per heavy atom. The average Bonchev–Trinajstić information content (AvgIpc) is 2.92. The molecule has 0 saturated carbocycles. The third-order valence-corrected chi connectivity index (χ3v) is 1.77. The minimum atomic E-state index is -0.693. The van der Waals surface area contributed by atoms with Crippen molar-refractivity contribution in [1.29, 1.82) is 0 Å². The van der Waals surface area contributed by atoms with Crippen molar-refractivity contribution < 1.29 is 24.1 Å². The molecule has 1 aliphatic rings. The Balaban J connectivity index is 1.86. The van der Waals surface area contributed by atoms with Crippen molar-refractivity contribution in [1.82, 2.24) is 0 Å². The first-order valence-corrected chi connectivity index (χ1v) is 4.96. The minimum Gasteiger partial charge on any atom is -0.368 e. The second-order valence-electron chi connectivity index (χ2n) is 2.93. The maximum Gasteiger partial charge on any atom is 0.212 e. The number of aliphatic hydroxyl groups excluding tert-OH is 1. The standard InChI is InChI=1S/C9H18O5/c1-3-7(10)12-5-6-13-9-8(14-9)11-4-2/h7-10H,3-6H2,1-2H3. The van der Waals surface area contributed by atoms with Crippen LogP contribution < -0.4 is 0 Å². The zero-order valence-electron chi connectivity index (χ0n) is 8.64. The van der Waals surface area contributed by atoms with E-state index in [4.69, 9.17) is 24.1 Å². The summed E-state index contributed by atoms with van der Waals surface area (Å²) in [7, 11) is 0. The molecule has 1 rings (SSSR count). The van der Waals surface area contributed by atoms with Crippen molar-refractivity contribution in [3.05, 3.63) is 0 Å². The van der Waals surface area contributed by atoms with E-state index in [1.54, 1.807) is 0 Å². The first-order chi connectivity index (χ1) is 6.77. The zero-order valence-corrected chi connectivity index (χ0v) is 8.64. The number of hydrogen-bond acceptors (Lipinski definition) is 5. The van der Waals surface area contributed by atoms with E-state index < -0.39 is 6.29 Å². The first kappa shape index (κ1) is 11.9. The summed E-state index contributed by atoms with van der Waals surface area (Å²) in [5.41, 5.74) is 0. The van der Waals surface area contributed by atoms with Gasteiger partial charge in [0.15, 0.2) is 6.29 Å². The SMILES string of the molecule is CCOC1OC1OCCOC(O)CC. The van der Waals surface area contributed by atoms with Gasteiger partial charge in [0.05, 0.1) is 13.2 Å². The number of aliphatic hydroxyl groups is 1. The summed E-state index contributed by atoms with van der Waals surface area (Å²) >= 11 is 0. The molecule has 1 saturated heterocycles. The topological polar surface area (TPSA) is 60.5 Å². The van der Waals surface area contributed by atoms with Crippen LogP contribution in [0.2, 0.25) is 0 Å². The molecule has 5 nitrogen and oxygen atoms in total. The second kappa shape index (κ2) is 6.31. The van der Waals surface area contributed by atoms with Crippen LogP contribution in [-0.4, -0.2) is 43.8 Å². The lowest BCUT2D eigenvalue weighted by Gasteiger charge is -2.08. The molecule has 3 unspecified atom stereocenters. The van der Waals surface area contributed by atoms with Crippen molar-refractivity contribution in [2.45, 2.75) is 39.1 Å². The smallest absolute Gasteiger partial charge is 0.212 e. The van der Waals surface area contributed by atoms with Gasteiger partial charge in [-0.2, -0.15) is 0 Å². The Kier molecular flexibility index (Phi) is 5.36. The van der Waals surface area contributed by atoms with Crippen molar-refractivity contribution >= 4 is 0 Å². The van der Waals surface area contributed by atoms with Gasteiger partial charge in [-0.3, -0.25) is 0 Å². The molecular formula is C9H18O5. The van der Waals surface area contributed by atoms with Crippen LogP contribution in [0.1, 0.15) is 20.3 Å². The summed E-state index contributed by atoms with van der Waals surface area (Å²) in [6.45, 7) is 5.15. The molecule has 84 valence electrons. The summed E-state index contributed by atoms with van der Waals surface area (Å²) in [5.74, 6) is 0. The van der Waals surface area contributed by atoms with E-state index in [9.17, 15) is 0 Å². The highest BCUT2D eigenvalue weighted by molar-refractivity contribution is 4.65. The van der Waals surface area contributed by atoms with Crippen LogP contribution in [0.3, 0.4) is 0 Å². The molecule has 0 aliphatic carbocycles. The van der Waals surface area contributed by atoms with Gasteiger partial charge in [-0.15, -0.1) is 0 Å². The number of hydrogen-bond donors (Lipinski definition) is 1. The van der Waals surface area contributed by atoms with E-state index in [0.717, 1.165) is 0 Å². The van der Waals surface area contributed by atoms with Crippen LogP contribution in [0.15, 0.2) is 0 Å². The normalized spacial score (nSPS) is 27.6. The Bertz CT molecular complexity index is 152. The Morgan fingerprint density at radius 2 is 1.93 bits per heavy atom. The molecule has 1 fully saturated rings. The third-order valence-electron chi connectivity index (χ3n) is 1.77. The maximum absolute atomic E-state index is 9.04. The van der Waals surface area contributed by atoms with Crippen molar-refractivity contribution in [2.24, 2.45) is 0 Å². The summed E-state index contributed by atoms with van der Waals surface area (Å²) < 4.78 is 20.4. The first-order valence-electron chi connectivity index (χ1n) is 4.96. The Hall–Kier alpha value is -0.200. The molecule has 5 heteroatoms. The fourth-order valence-corrected chi connectivity index (χ4v) is 0.953. The largest absolute Gasteiger partial charge is 0.368 e. The Morgan fingerprint density at radius 1 is 1.21 bits per heavy atom. The van der Waals surface area contributed by atoms with Gasteiger partial charge in [-0.25, -0.2) is 0 Å². The molecular weight excluding hydrogens is 188 g/mol. The molecule has 0 aromatic heterocycles. The molecule has 0 bridgehead atoms. The van der Waals surface area contributed by atoms with E-state index in [1.165, 1.54) is 0 Å². The van der Waals surface area contributed by atoms with Gasteiger partial charge in [0, 0.05) is 6.61 Å². The van der Waals surface area contributed by atoms with Gasteiger partial charge in [0.1, 0.15) is 0 Å². The van der Waals surface area contributed by atoms with E-state index in [0.29, 0.717) is 26.2 Å². The van der Waals surface area contributed by atoms with Crippen LogP contribution in [-0.2, 0) is 18.9 Å². The fourth-order valence-electron chi connectivity index (χ4n) is 0.953. The molecule has 1 N–H and O–H groups in total. The quantitative estimate of drug-likeness (QED) is 0.355. The molecule has 0 aromatic carbocycles. The van der Waals surface area contributed by atoms with E-state index >= 15 is 0 Å². The monoisotopic (exact) mass is 206 g/mol. The molecule has 0 spiro atoms. The van der Waals surface area contributed by atoms with Crippen LogP contribution in [0, 0.1) is 0 Å². The minimum absolute atomic E-state index is 0.212. The average molecular weight is 206 g/mol. The van der Waals surface area contributed by atoms with Gasteiger partial charge in [0.2, 0.25) is 12.6 Å². The molecule has 14 heavy (non-hydrogen) atoms. The molecule has 0 aromatic rings. The Labute approximate surface area is 83.9 Å². The summed E-state index contributed by atoms with van der Waals surface area (Å²) in [4.78, 5) is 0. The molecule has 3 atom stereocenters. The molecule has 0 radical (unpaired) electrons. The lowest BCUT2D eigenvalue weighted by atomic mass is 10.5. The van der Waals surface area contributed by atoms with Crippen molar-refractivity contribution in [3.63, 3.8) is 0 Å². The predicted molar refractivity (Wildman–Crippen MR) is 48.5 cm³/mol. The highest BCUT2D eigenvalue weighted by Gasteiger charge is 2.40. The van der Waals surface area contributed by atoms with Crippen LogP contribution in [0.4, 0.5) is 0 Å². The van der Waals surface area contributed by atoms with Crippen LogP contribution in [0.25, 0.3) is 0 Å². The third kappa shape index (κ3) is 4.34. The molecule has 1 heterocycles. The van der Waals surface area contributed by atoms with Gasteiger partial charge in [-0.1, -0.05) is 6.92 Å². The molecule has 0 amide bonds. The number of epoxide rings is 1. The zero-order chi connectivity index (χ0) is 10.4. The van der Waals surface area contributed by atoms with Gasteiger partial charge in [-0.05, 0) is 13.3 Å². The van der Waals surface area contributed by atoms with Crippen LogP contribution in [0.5, 0.6) is 0 Å². The molecule has 1 aliphatic heterocycles. The summed E-state index contributed by atoms with van der Waals surface area (Å²) in [5, 5.41) is 9.04. The van der Waals surface area contributed by atoms with Gasteiger partial charge in [0.25, 0.3) is 0 Å². The van der Waals surface area contributed by atoms with Gasteiger partial charge >= 0.3 is 0 Å². The maximum atomic E-state index is 9.04. The van der Waals surface area contributed by atoms with Crippen molar-refractivity contribution in [3.8, 4) is 0 Å². The predicted octanol–water partition coefficient (Wildman–Crippen LogP) is 0.467. The number of ether oxygens (including phenoxy) is 4. The fraction of sp³-hybridized carbons (Fsp3) is 1.00. The number of rotatable bonds is 8. The van der Waals surface area contributed by atoms with E-state index in [1.807, 2.05) is 13.8 Å². The second-order valence-corrected chi connectivity index (χ2v) is 2.93. The summed E-state index contributed by atoms with van der Waals surface area (Å²) in [6.07, 6.45) is -0.573. The lowest BCUT2D eigenvalue weighted by Crippen LogP contribution is -2.15. The lowest BCUT2D eigenvalue weighted by molar-refractivity contribution is -0.118. The highest BCUT2D eigenvalue weighted by Crippen LogP contribution is 2.23. The van der Waals surface area contributed by atoms with Crippen molar-refractivity contribution in [2.75, 3.05) is 19.8 Å². The van der Waals surface area contributed by atoms with E-state index in [-0.39, 0.29) is 12.6 Å². The van der Waals surface area contributed by atoms with Crippen LogP contribution >= 0.6 is 0 Å².